The minimum absolute atomic E-state index is 0.267. The first-order valence-electron chi connectivity index (χ1n) is 7.00. The highest BCUT2D eigenvalue weighted by Gasteiger charge is 2.44. The van der Waals surface area contributed by atoms with Crippen molar-refractivity contribution in [3.63, 3.8) is 0 Å². The molecule has 1 saturated heterocycles. The molecule has 0 aromatic heterocycles. The predicted molar refractivity (Wildman–Crippen MR) is 71.6 cm³/mol. The van der Waals surface area contributed by atoms with Crippen molar-refractivity contribution in [3.05, 3.63) is 0 Å². The molecule has 0 atom stereocenters. The number of hydrogen-bond acceptors (Lipinski definition) is 2. The molecule has 2 heteroatoms. The molecule has 16 heavy (non-hydrogen) atoms. The first-order chi connectivity index (χ1) is 7.52. The lowest BCUT2D eigenvalue weighted by Gasteiger charge is -2.48. The second-order valence-corrected chi connectivity index (χ2v) is 6.00. The van der Waals surface area contributed by atoms with Gasteiger partial charge in [-0.15, -0.1) is 0 Å². The largest absolute Gasteiger partial charge is 0.329 e. The van der Waals surface area contributed by atoms with E-state index in [-0.39, 0.29) is 5.54 Å². The van der Waals surface area contributed by atoms with E-state index < -0.39 is 0 Å². The molecule has 1 aliphatic heterocycles. The molecule has 1 fully saturated rings. The summed E-state index contributed by atoms with van der Waals surface area (Å²) in [5.74, 6) is 0. The van der Waals surface area contributed by atoms with E-state index in [1.54, 1.807) is 0 Å². The number of likely N-dealkylation sites (tertiary alicyclic amines) is 1. The molecule has 0 saturated carbocycles. The minimum atomic E-state index is 0.267. The van der Waals surface area contributed by atoms with Crippen molar-refractivity contribution in [2.24, 2.45) is 5.73 Å². The lowest BCUT2D eigenvalue weighted by atomic mass is 9.83. The average molecular weight is 226 g/mol. The van der Waals surface area contributed by atoms with Crippen molar-refractivity contribution in [2.75, 3.05) is 13.1 Å². The van der Waals surface area contributed by atoms with E-state index in [1.807, 2.05) is 0 Å². The second kappa shape index (κ2) is 5.50. The number of rotatable bonds is 6. The summed E-state index contributed by atoms with van der Waals surface area (Å²) in [7, 11) is 0. The zero-order valence-corrected chi connectivity index (χ0v) is 11.7. The molecule has 0 spiro atoms. The molecular weight excluding hydrogens is 196 g/mol. The van der Waals surface area contributed by atoms with Gasteiger partial charge in [0.2, 0.25) is 0 Å². The molecule has 0 radical (unpaired) electrons. The second-order valence-electron chi connectivity index (χ2n) is 6.00. The van der Waals surface area contributed by atoms with Crippen molar-refractivity contribution in [3.8, 4) is 0 Å². The van der Waals surface area contributed by atoms with Crippen molar-refractivity contribution in [2.45, 2.75) is 77.3 Å². The van der Waals surface area contributed by atoms with Crippen LogP contribution >= 0.6 is 0 Å². The third kappa shape index (κ3) is 2.60. The van der Waals surface area contributed by atoms with E-state index in [0.717, 1.165) is 6.54 Å². The zero-order chi connectivity index (χ0) is 12.2. The smallest absolute Gasteiger partial charge is 0.0336 e. The van der Waals surface area contributed by atoms with Crippen molar-refractivity contribution in [1.29, 1.82) is 0 Å². The van der Waals surface area contributed by atoms with Gasteiger partial charge in [0, 0.05) is 17.6 Å². The van der Waals surface area contributed by atoms with E-state index in [9.17, 15) is 0 Å². The Balaban J connectivity index is 2.89. The Bertz CT molecular complexity index is 205. The zero-order valence-electron chi connectivity index (χ0n) is 11.7. The van der Waals surface area contributed by atoms with Crippen LogP contribution in [0.4, 0.5) is 0 Å². The fourth-order valence-corrected chi connectivity index (χ4v) is 3.63. The molecule has 2 N–H and O–H groups in total. The summed E-state index contributed by atoms with van der Waals surface area (Å²) in [6.45, 7) is 11.4. The van der Waals surface area contributed by atoms with Gasteiger partial charge in [-0.2, -0.15) is 0 Å². The number of nitrogens with two attached hydrogens (primary N) is 1. The van der Waals surface area contributed by atoms with Gasteiger partial charge >= 0.3 is 0 Å². The van der Waals surface area contributed by atoms with Crippen LogP contribution < -0.4 is 5.73 Å². The van der Waals surface area contributed by atoms with E-state index in [4.69, 9.17) is 5.73 Å². The van der Waals surface area contributed by atoms with Crippen LogP contribution in [0.25, 0.3) is 0 Å². The van der Waals surface area contributed by atoms with Crippen LogP contribution in [0.2, 0.25) is 0 Å². The van der Waals surface area contributed by atoms with Crippen molar-refractivity contribution in [1.82, 2.24) is 4.90 Å². The highest BCUT2D eigenvalue weighted by atomic mass is 15.3. The van der Waals surface area contributed by atoms with Crippen LogP contribution in [0.1, 0.15) is 66.2 Å². The molecule has 0 aromatic rings. The molecule has 1 rings (SSSR count). The quantitative estimate of drug-likeness (QED) is 0.754. The van der Waals surface area contributed by atoms with Gasteiger partial charge in [-0.05, 0) is 46.1 Å². The average Bonchev–Trinajstić information content (AvgIpc) is 2.58. The molecule has 0 unspecified atom stereocenters. The third-order valence-corrected chi connectivity index (χ3v) is 4.28. The lowest BCUT2D eigenvalue weighted by Crippen LogP contribution is -2.59. The topological polar surface area (TPSA) is 29.3 Å². The maximum atomic E-state index is 6.14. The summed E-state index contributed by atoms with van der Waals surface area (Å²) in [5, 5.41) is 0. The van der Waals surface area contributed by atoms with Crippen molar-refractivity contribution >= 4 is 0 Å². The third-order valence-electron chi connectivity index (χ3n) is 4.28. The van der Waals surface area contributed by atoms with Gasteiger partial charge < -0.3 is 5.73 Å². The van der Waals surface area contributed by atoms with Crippen LogP contribution in [0.5, 0.6) is 0 Å². The van der Waals surface area contributed by atoms with Crippen LogP contribution in [0.3, 0.4) is 0 Å². The first-order valence-corrected chi connectivity index (χ1v) is 7.00. The van der Waals surface area contributed by atoms with Crippen LogP contribution in [0, 0.1) is 0 Å². The van der Waals surface area contributed by atoms with E-state index >= 15 is 0 Å². The van der Waals surface area contributed by atoms with E-state index in [2.05, 4.69) is 32.6 Å². The first kappa shape index (κ1) is 14.0. The molecule has 0 bridgehead atoms. The Labute approximate surface area is 102 Å². The maximum Gasteiger partial charge on any atom is 0.0336 e. The van der Waals surface area contributed by atoms with Crippen LogP contribution in [-0.4, -0.2) is 29.1 Å². The number of hydrogen-bond donors (Lipinski definition) is 1. The maximum absolute atomic E-state index is 6.14. The lowest BCUT2D eigenvalue weighted by molar-refractivity contribution is 0.0206. The highest BCUT2D eigenvalue weighted by molar-refractivity contribution is 5.01. The fraction of sp³-hybridized carbons (Fsp3) is 1.00. The predicted octanol–water partition coefficient (Wildman–Crippen LogP) is 3.16. The molecule has 96 valence electrons. The molecule has 0 aromatic carbocycles. The molecule has 2 nitrogen and oxygen atoms in total. The Morgan fingerprint density at radius 1 is 1.19 bits per heavy atom. The minimum Gasteiger partial charge on any atom is -0.329 e. The van der Waals surface area contributed by atoms with E-state index in [0.29, 0.717) is 5.54 Å². The molecular formula is C14H30N2. The fourth-order valence-electron chi connectivity index (χ4n) is 3.63. The van der Waals surface area contributed by atoms with Gasteiger partial charge in [-0.1, -0.05) is 26.7 Å². The Kier molecular flexibility index (Phi) is 4.81. The summed E-state index contributed by atoms with van der Waals surface area (Å²) < 4.78 is 0. The summed E-state index contributed by atoms with van der Waals surface area (Å²) in [4.78, 5) is 2.72. The molecule has 1 heterocycles. The van der Waals surface area contributed by atoms with Gasteiger partial charge in [0.05, 0.1) is 0 Å². The Morgan fingerprint density at radius 2 is 1.75 bits per heavy atom. The summed E-state index contributed by atoms with van der Waals surface area (Å²) in [5.41, 5.74) is 6.76. The van der Waals surface area contributed by atoms with Gasteiger partial charge in [0.25, 0.3) is 0 Å². The number of nitrogens with zero attached hydrogens (tertiary/aromatic N) is 1. The molecule has 0 amide bonds. The van der Waals surface area contributed by atoms with Crippen LogP contribution in [0.15, 0.2) is 0 Å². The van der Waals surface area contributed by atoms with E-state index in [1.165, 1.54) is 45.1 Å². The highest BCUT2D eigenvalue weighted by Crippen LogP contribution is 2.39. The summed E-state index contributed by atoms with van der Waals surface area (Å²) in [6.07, 6.45) is 7.64. The van der Waals surface area contributed by atoms with Gasteiger partial charge in [0.15, 0.2) is 0 Å². The van der Waals surface area contributed by atoms with Gasteiger partial charge in [-0.25, -0.2) is 0 Å². The summed E-state index contributed by atoms with van der Waals surface area (Å²) >= 11 is 0. The van der Waals surface area contributed by atoms with Crippen molar-refractivity contribution < 1.29 is 0 Å². The molecule has 1 aliphatic rings. The van der Waals surface area contributed by atoms with Gasteiger partial charge in [0.1, 0.15) is 0 Å². The SMILES string of the molecule is CCCC(CN)(CCC)N1CCCC1(C)C. The Hall–Kier alpha value is -0.0800. The molecule has 0 aliphatic carbocycles. The standard InChI is InChI=1S/C14H30N2/c1-5-8-14(12-15,9-6-2)16-11-7-10-13(16,3)4/h5-12,15H2,1-4H3. The monoisotopic (exact) mass is 226 g/mol. The summed E-state index contributed by atoms with van der Waals surface area (Å²) in [6, 6.07) is 0. The van der Waals surface area contributed by atoms with Gasteiger partial charge in [-0.3, -0.25) is 4.90 Å². The normalized spacial score (nSPS) is 21.6. The van der Waals surface area contributed by atoms with Crippen LogP contribution in [-0.2, 0) is 0 Å². The Morgan fingerprint density at radius 3 is 2.06 bits per heavy atom.